The van der Waals surface area contributed by atoms with Crippen LogP contribution in [0.2, 0.25) is 0 Å². The second-order valence-electron chi connectivity index (χ2n) is 3.99. The molecular formula is C11H23NO. The first-order valence-electron chi connectivity index (χ1n) is 5.43. The number of hydrogen-bond acceptors (Lipinski definition) is 1. The summed E-state index contributed by atoms with van der Waals surface area (Å²) < 4.78 is 0. The largest absolute Gasteiger partial charge is 0.356 e. The fraction of sp³-hybridized carbons (Fsp3) is 0.909. The Morgan fingerprint density at radius 1 is 1.31 bits per heavy atom. The summed E-state index contributed by atoms with van der Waals surface area (Å²) in [6, 6.07) is 0. The highest BCUT2D eigenvalue weighted by Gasteiger charge is 1.98. The molecule has 0 heterocycles. The second kappa shape index (κ2) is 8.09. The average molecular weight is 185 g/mol. The molecule has 0 aromatic rings. The third kappa shape index (κ3) is 9.38. The number of amides is 1. The number of carbonyl (C=O) groups excluding carboxylic acids is 1. The third-order valence-electron chi connectivity index (χ3n) is 2.01. The van der Waals surface area contributed by atoms with E-state index in [0.717, 1.165) is 25.3 Å². The predicted octanol–water partition coefficient (Wildman–Crippen LogP) is 2.73. The Labute approximate surface area is 82.1 Å². The topological polar surface area (TPSA) is 29.1 Å². The van der Waals surface area contributed by atoms with Gasteiger partial charge < -0.3 is 5.32 Å². The van der Waals surface area contributed by atoms with Gasteiger partial charge in [-0.15, -0.1) is 0 Å². The zero-order valence-corrected chi connectivity index (χ0v) is 9.23. The monoisotopic (exact) mass is 185 g/mol. The molecule has 0 spiro atoms. The molecule has 0 bridgehead atoms. The van der Waals surface area contributed by atoms with Gasteiger partial charge in [-0.25, -0.2) is 0 Å². The lowest BCUT2D eigenvalue weighted by atomic mass is 10.1. The molecule has 0 aliphatic carbocycles. The molecule has 13 heavy (non-hydrogen) atoms. The maximum atomic E-state index is 11.0. The highest BCUT2D eigenvalue weighted by atomic mass is 16.1. The van der Waals surface area contributed by atoms with E-state index in [1.807, 2.05) is 6.92 Å². The fourth-order valence-corrected chi connectivity index (χ4v) is 1.22. The van der Waals surface area contributed by atoms with Gasteiger partial charge in [-0.05, 0) is 18.8 Å². The Morgan fingerprint density at radius 3 is 2.54 bits per heavy atom. The lowest BCUT2D eigenvalue weighted by molar-refractivity contribution is -0.121. The Balaban J connectivity index is 3.11. The van der Waals surface area contributed by atoms with Crippen LogP contribution in [0.3, 0.4) is 0 Å². The van der Waals surface area contributed by atoms with Gasteiger partial charge in [0.15, 0.2) is 0 Å². The van der Waals surface area contributed by atoms with Gasteiger partial charge >= 0.3 is 0 Å². The molecule has 1 N–H and O–H groups in total. The van der Waals surface area contributed by atoms with Gasteiger partial charge in [-0.2, -0.15) is 0 Å². The number of unbranched alkanes of at least 4 members (excludes halogenated alkanes) is 1. The van der Waals surface area contributed by atoms with Crippen LogP contribution in [0.5, 0.6) is 0 Å². The lowest BCUT2D eigenvalue weighted by Crippen LogP contribution is -2.23. The zero-order chi connectivity index (χ0) is 10.1. The summed E-state index contributed by atoms with van der Waals surface area (Å²) in [5, 5.41) is 2.92. The molecule has 0 aliphatic heterocycles. The van der Waals surface area contributed by atoms with Crippen molar-refractivity contribution in [3.8, 4) is 0 Å². The lowest BCUT2D eigenvalue weighted by Gasteiger charge is -2.05. The van der Waals surface area contributed by atoms with Crippen LogP contribution < -0.4 is 5.32 Å². The van der Waals surface area contributed by atoms with E-state index in [-0.39, 0.29) is 5.91 Å². The van der Waals surface area contributed by atoms with Gasteiger partial charge in [0.2, 0.25) is 5.91 Å². The molecule has 2 heteroatoms. The van der Waals surface area contributed by atoms with Gasteiger partial charge in [-0.3, -0.25) is 4.79 Å². The van der Waals surface area contributed by atoms with Crippen molar-refractivity contribution < 1.29 is 4.79 Å². The molecule has 0 radical (unpaired) electrons. The standard InChI is InChI=1S/C11H23NO/c1-4-7-11(13)12-9-6-5-8-10(2)3/h10H,4-9H2,1-3H3,(H,12,13). The molecule has 1 amide bonds. The summed E-state index contributed by atoms with van der Waals surface area (Å²) in [5.41, 5.74) is 0. The average Bonchev–Trinajstić information content (AvgIpc) is 2.03. The smallest absolute Gasteiger partial charge is 0.219 e. The first-order valence-corrected chi connectivity index (χ1v) is 5.43. The normalized spacial score (nSPS) is 10.5. The molecule has 0 aromatic carbocycles. The van der Waals surface area contributed by atoms with Crippen molar-refractivity contribution in [1.29, 1.82) is 0 Å². The van der Waals surface area contributed by atoms with Crippen LogP contribution in [0, 0.1) is 5.92 Å². The van der Waals surface area contributed by atoms with E-state index < -0.39 is 0 Å². The minimum Gasteiger partial charge on any atom is -0.356 e. The third-order valence-corrected chi connectivity index (χ3v) is 2.01. The van der Waals surface area contributed by atoms with Crippen molar-refractivity contribution in [1.82, 2.24) is 5.32 Å². The van der Waals surface area contributed by atoms with Crippen LogP contribution in [0.1, 0.15) is 52.9 Å². The Kier molecular flexibility index (Phi) is 7.76. The highest BCUT2D eigenvalue weighted by Crippen LogP contribution is 2.05. The van der Waals surface area contributed by atoms with Crippen molar-refractivity contribution in [3.63, 3.8) is 0 Å². The van der Waals surface area contributed by atoms with Crippen molar-refractivity contribution in [2.45, 2.75) is 52.9 Å². The van der Waals surface area contributed by atoms with E-state index in [1.54, 1.807) is 0 Å². The van der Waals surface area contributed by atoms with E-state index in [0.29, 0.717) is 6.42 Å². The quantitative estimate of drug-likeness (QED) is 0.607. The van der Waals surface area contributed by atoms with Gasteiger partial charge in [-0.1, -0.05) is 33.6 Å². The van der Waals surface area contributed by atoms with E-state index in [9.17, 15) is 4.79 Å². The predicted molar refractivity (Wildman–Crippen MR) is 56.6 cm³/mol. The van der Waals surface area contributed by atoms with E-state index in [1.165, 1.54) is 12.8 Å². The summed E-state index contributed by atoms with van der Waals surface area (Å²) in [4.78, 5) is 11.0. The Bertz CT molecular complexity index is 132. The molecule has 0 fully saturated rings. The van der Waals surface area contributed by atoms with Crippen LogP contribution >= 0.6 is 0 Å². The summed E-state index contributed by atoms with van der Waals surface area (Å²) in [7, 11) is 0. The zero-order valence-electron chi connectivity index (χ0n) is 9.23. The molecule has 78 valence electrons. The summed E-state index contributed by atoms with van der Waals surface area (Å²) >= 11 is 0. The van der Waals surface area contributed by atoms with Gasteiger partial charge in [0.25, 0.3) is 0 Å². The first kappa shape index (κ1) is 12.5. The van der Waals surface area contributed by atoms with Crippen molar-refractivity contribution in [2.24, 2.45) is 5.92 Å². The van der Waals surface area contributed by atoms with Gasteiger partial charge in [0, 0.05) is 13.0 Å². The van der Waals surface area contributed by atoms with Crippen LogP contribution in [0.4, 0.5) is 0 Å². The number of nitrogens with one attached hydrogen (secondary N) is 1. The highest BCUT2D eigenvalue weighted by molar-refractivity contribution is 5.75. The molecule has 0 saturated heterocycles. The number of hydrogen-bond donors (Lipinski definition) is 1. The number of rotatable bonds is 7. The summed E-state index contributed by atoms with van der Waals surface area (Å²) in [6.45, 7) is 7.34. The van der Waals surface area contributed by atoms with Crippen LogP contribution in [0.25, 0.3) is 0 Å². The molecule has 0 aliphatic rings. The van der Waals surface area contributed by atoms with Crippen LogP contribution in [-0.4, -0.2) is 12.5 Å². The molecule has 0 aromatic heterocycles. The Morgan fingerprint density at radius 2 is 2.00 bits per heavy atom. The molecule has 0 rings (SSSR count). The number of carbonyl (C=O) groups is 1. The van der Waals surface area contributed by atoms with E-state index in [2.05, 4.69) is 19.2 Å². The van der Waals surface area contributed by atoms with E-state index >= 15 is 0 Å². The maximum absolute atomic E-state index is 11.0. The summed E-state index contributed by atoms with van der Waals surface area (Å²) in [6.07, 6.45) is 5.23. The van der Waals surface area contributed by atoms with Crippen LogP contribution in [-0.2, 0) is 4.79 Å². The molecule has 0 saturated carbocycles. The minimum atomic E-state index is 0.201. The van der Waals surface area contributed by atoms with Crippen LogP contribution in [0.15, 0.2) is 0 Å². The van der Waals surface area contributed by atoms with Gasteiger partial charge in [0.05, 0.1) is 0 Å². The van der Waals surface area contributed by atoms with Crippen molar-refractivity contribution >= 4 is 5.91 Å². The first-order chi connectivity index (χ1) is 6.16. The van der Waals surface area contributed by atoms with Gasteiger partial charge in [0.1, 0.15) is 0 Å². The SMILES string of the molecule is CCCC(=O)NCCCCC(C)C. The molecule has 2 nitrogen and oxygen atoms in total. The maximum Gasteiger partial charge on any atom is 0.219 e. The Hall–Kier alpha value is -0.530. The van der Waals surface area contributed by atoms with Crippen molar-refractivity contribution in [3.05, 3.63) is 0 Å². The fourth-order valence-electron chi connectivity index (χ4n) is 1.22. The van der Waals surface area contributed by atoms with E-state index in [4.69, 9.17) is 0 Å². The van der Waals surface area contributed by atoms with Crippen molar-refractivity contribution in [2.75, 3.05) is 6.54 Å². The molecule has 0 unspecified atom stereocenters. The second-order valence-corrected chi connectivity index (χ2v) is 3.99. The molecular weight excluding hydrogens is 162 g/mol. The summed E-state index contributed by atoms with van der Waals surface area (Å²) in [5.74, 6) is 0.985. The molecule has 0 atom stereocenters. The minimum absolute atomic E-state index is 0.201.